The highest BCUT2D eigenvalue weighted by Gasteiger charge is 1.98. The fourth-order valence-corrected chi connectivity index (χ4v) is 0.779. The van der Waals surface area contributed by atoms with Crippen molar-refractivity contribution in [2.24, 2.45) is 5.10 Å². The van der Waals surface area contributed by atoms with Crippen LogP contribution in [0, 0.1) is 6.92 Å². The first-order valence-electron chi connectivity index (χ1n) is 2.93. The zero-order valence-corrected chi connectivity index (χ0v) is 5.91. The van der Waals surface area contributed by atoms with Crippen LogP contribution in [0.4, 0.5) is 0 Å². The molecule has 10 heavy (non-hydrogen) atoms. The van der Waals surface area contributed by atoms with Crippen molar-refractivity contribution < 1.29 is 0 Å². The van der Waals surface area contributed by atoms with Gasteiger partial charge in [0.05, 0.1) is 11.9 Å². The van der Waals surface area contributed by atoms with Crippen molar-refractivity contribution in [3.05, 3.63) is 24.3 Å². The Labute approximate surface area is 59.7 Å². The van der Waals surface area contributed by atoms with E-state index in [0.29, 0.717) is 0 Å². The lowest BCUT2D eigenvalue weighted by Gasteiger charge is -1.95. The van der Waals surface area contributed by atoms with Crippen molar-refractivity contribution in [2.75, 3.05) is 0 Å². The largest absolute Gasteiger partial charge is 0.239 e. The van der Waals surface area contributed by atoms with Gasteiger partial charge in [0.15, 0.2) is 0 Å². The molecule has 0 aromatic carbocycles. The van der Waals surface area contributed by atoms with E-state index in [0.717, 1.165) is 11.5 Å². The minimum absolute atomic E-state index is 0.824. The van der Waals surface area contributed by atoms with Crippen LogP contribution >= 0.6 is 0 Å². The Kier molecular flexibility index (Phi) is 1.67. The second kappa shape index (κ2) is 2.47. The molecule has 0 fully saturated rings. The van der Waals surface area contributed by atoms with E-state index >= 15 is 0 Å². The molecule has 0 amide bonds. The Morgan fingerprint density at radius 2 is 2.50 bits per heavy atom. The lowest BCUT2D eigenvalue weighted by molar-refractivity contribution is 0.827. The van der Waals surface area contributed by atoms with Gasteiger partial charge in [-0.2, -0.15) is 5.10 Å². The first-order chi connectivity index (χ1) is 4.79. The van der Waals surface area contributed by atoms with Gasteiger partial charge in [-0.05, 0) is 13.0 Å². The van der Waals surface area contributed by atoms with E-state index in [-0.39, 0.29) is 0 Å². The van der Waals surface area contributed by atoms with Crippen LogP contribution in [-0.2, 0) is 0 Å². The second-order valence-corrected chi connectivity index (χ2v) is 1.89. The van der Waals surface area contributed by atoms with E-state index in [4.69, 9.17) is 0 Å². The van der Waals surface area contributed by atoms with E-state index in [1.54, 1.807) is 16.9 Å². The van der Waals surface area contributed by atoms with E-state index in [1.807, 2.05) is 6.92 Å². The number of rotatable bonds is 2. The fourth-order valence-electron chi connectivity index (χ4n) is 0.779. The second-order valence-electron chi connectivity index (χ2n) is 1.89. The molecule has 52 valence electrons. The van der Waals surface area contributed by atoms with Crippen molar-refractivity contribution in [1.29, 1.82) is 0 Å². The maximum absolute atomic E-state index is 4.02. The summed E-state index contributed by atoms with van der Waals surface area (Å²) in [4.78, 5) is 4.02. The molecule has 1 heterocycles. The van der Waals surface area contributed by atoms with Gasteiger partial charge in [0.2, 0.25) is 0 Å². The molecule has 1 aromatic rings. The maximum Gasteiger partial charge on any atom is 0.127 e. The van der Waals surface area contributed by atoms with Crippen molar-refractivity contribution in [1.82, 2.24) is 9.66 Å². The number of aromatic nitrogens is 2. The van der Waals surface area contributed by atoms with Gasteiger partial charge >= 0.3 is 0 Å². The van der Waals surface area contributed by atoms with Crippen molar-refractivity contribution in [3.63, 3.8) is 0 Å². The molecule has 0 aliphatic rings. The van der Waals surface area contributed by atoms with Crippen LogP contribution in [0.1, 0.15) is 11.5 Å². The highest BCUT2D eigenvalue weighted by atomic mass is 15.4. The Hall–Kier alpha value is -1.38. The lowest BCUT2D eigenvalue weighted by Crippen LogP contribution is -1.92. The monoisotopic (exact) mass is 135 g/mol. The third-order valence-electron chi connectivity index (χ3n) is 1.29. The van der Waals surface area contributed by atoms with Gasteiger partial charge < -0.3 is 0 Å². The van der Waals surface area contributed by atoms with Crippen LogP contribution in [0.2, 0.25) is 0 Å². The SMILES string of the molecule is C=Cc1cnc(C)n1N=C. The summed E-state index contributed by atoms with van der Waals surface area (Å²) in [6.45, 7) is 8.86. The molecule has 0 aliphatic carbocycles. The molecule has 0 saturated carbocycles. The van der Waals surface area contributed by atoms with Crippen LogP contribution in [0.5, 0.6) is 0 Å². The number of imidazole rings is 1. The van der Waals surface area contributed by atoms with Gasteiger partial charge in [0.25, 0.3) is 0 Å². The van der Waals surface area contributed by atoms with E-state index < -0.39 is 0 Å². The molecule has 0 N–H and O–H groups in total. The summed E-state index contributed by atoms with van der Waals surface area (Å²) in [5, 5.41) is 3.73. The number of hydrogen-bond acceptors (Lipinski definition) is 2. The van der Waals surface area contributed by atoms with E-state index in [2.05, 4.69) is 23.4 Å². The predicted molar refractivity (Wildman–Crippen MR) is 42.0 cm³/mol. The summed E-state index contributed by atoms with van der Waals surface area (Å²) >= 11 is 0. The zero-order valence-electron chi connectivity index (χ0n) is 5.91. The van der Waals surface area contributed by atoms with Gasteiger partial charge in [0.1, 0.15) is 5.82 Å². The molecule has 3 nitrogen and oxygen atoms in total. The Balaban J connectivity index is 3.25. The molecule has 3 heteroatoms. The Bertz CT molecular complexity index is 260. The van der Waals surface area contributed by atoms with Gasteiger partial charge in [-0.3, -0.25) is 0 Å². The minimum atomic E-state index is 0.824. The van der Waals surface area contributed by atoms with Crippen LogP contribution < -0.4 is 0 Å². The molecule has 0 atom stereocenters. The number of hydrogen-bond donors (Lipinski definition) is 0. The summed E-state index contributed by atoms with van der Waals surface area (Å²) in [6.07, 6.45) is 3.39. The molecular formula is C7H9N3. The molecule has 0 spiro atoms. The van der Waals surface area contributed by atoms with Crippen LogP contribution in [0.3, 0.4) is 0 Å². The third kappa shape index (κ3) is 0.857. The number of aryl methyl sites for hydroxylation is 1. The van der Waals surface area contributed by atoms with Crippen molar-refractivity contribution in [3.8, 4) is 0 Å². The van der Waals surface area contributed by atoms with Gasteiger partial charge in [-0.15, -0.1) is 0 Å². The fraction of sp³-hybridized carbons (Fsp3) is 0.143. The van der Waals surface area contributed by atoms with Crippen molar-refractivity contribution >= 4 is 12.8 Å². The Morgan fingerprint density at radius 1 is 1.80 bits per heavy atom. The summed E-state index contributed by atoms with van der Waals surface area (Å²) < 4.78 is 1.63. The molecule has 0 bridgehead atoms. The van der Waals surface area contributed by atoms with E-state index in [9.17, 15) is 0 Å². The molecule has 0 aliphatic heterocycles. The van der Waals surface area contributed by atoms with Gasteiger partial charge in [-0.25, -0.2) is 9.66 Å². The van der Waals surface area contributed by atoms with Gasteiger partial charge in [0, 0.05) is 6.72 Å². The highest BCUT2D eigenvalue weighted by molar-refractivity contribution is 5.42. The quantitative estimate of drug-likeness (QED) is 0.562. The van der Waals surface area contributed by atoms with Crippen LogP contribution in [-0.4, -0.2) is 16.4 Å². The zero-order chi connectivity index (χ0) is 7.56. The minimum Gasteiger partial charge on any atom is -0.239 e. The van der Waals surface area contributed by atoms with Gasteiger partial charge in [-0.1, -0.05) is 6.58 Å². The maximum atomic E-state index is 4.02. The first-order valence-corrected chi connectivity index (χ1v) is 2.93. The lowest BCUT2D eigenvalue weighted by atomic mass is 10.5. The summed E-state index contributed by atoms with van der Waals surface area (Å²) in [7, 11) is 0. The van der Waals surface area contributed by atoms with E-state index in [1.165, 1.54) is 0 Å². The summed E-state index contributed by atoms with van der Waals surface area (Å²) in [5.41, 5.74) is 0.868. The standard InChI is InChI=1S/C7H9N3/c1-4-7-5-9-6(2)10(7)8-3/h4-5H,1,3H2,2H3. The molecule has 0 saturated heterocycles. The molecular weight excluding hydrogens is 126 g/mol. The molecule has 0 radical (unpaired) electrons. The Morgan fingerprint density at radius 3 is 2.90 bits per heavy atom. The highest BCUT2D eigenvalue weighted by Crippen LogP contribution is 2.03. The first kappa shape index (κ1) is 6.74. The van der Waals surface area contributed by atoms with Crippen LogP contribution in [0.15, 0.2) is 17.9 Å². The normalized spacial score (nSPS) is 9.30. The summed E-state index contributed by atoms with van der Waals surface area (Å²) in [6, 6.07) is 0. The smallest absolute Gasteiger partial charge is 0.127 e. The average molecular weight is 135 g/mol. The average Bonchev–Trinajstić information content (AvgIpc) is 2.30. The number of nitrogens with zero attached hydrogens (tertiary/aromatic N) is 3. The topological polar surface area (TPSA) is 30.2 Å². The predicted octanol–water partition coefficient (Wildman–Crippen LogP) is 1.30. The molecule has 1 rings (SSSR count). The summed E-state index contributed by atoms with van der Waals surface area (Å²) in [5.74, 6) is 0.824. The molecule has 1 aromatic heterocycles. The van der Waals surface area contributed by atoms with Crippen molar-refractivity contribution in [2.45, 2.75) is 6.92 Å². The third-order valence-corrected chi connectivity index (χ3v) is 1.29. The van der Waals surface area contributed by atoms with Crippen LogP contribution in [0.25, 0.3) is 6.08 Å². The molecule has 0 unspecified atom stereocenters.